The molecule has 8 nitrogen and oxygen atoms in total. The molecule has 0 aliphatic carbocycles. The zero-order chi connectivity index (χ0) is 26.7. The van der Waals surface area contributed by atoms with Crippen LogP contribution in [0.3, 0.4) is 0 Å². The zero-order valence-electron chi connectivity index (χ0n) is 20.2. The molecule has 1 amide bonds. The minimum Gasteiger partial charge on any atom is -0.466 e. The Morgan fingerprint density at radius 1 is 1.14 bits per heavy atom. The van der Waals surface area contributed by atoms with E-state index in [0.29, 0.717) is 49.9 Å². The van der Waals surface area contributed by atoms with E-state index in [1.807, 2.05) is 4.90 Å². The number of carbonyl (C=O) groups is 2. The van der Waals surface area contributed by atoms with Crippen molar-refractivity contribution in [3.05, 3.63) is 75.5 Å². The molecule has 196 valence electrons. The van der Waals surface area contributed by atoms with E-state index in [4.69, 9.17) is 16.3 Å². The molecule has 1 aromatic heterocycles. The van der Waals surface area contributed by atoms with Crippen LogP contribution in [0, 0.1) is 17.5 Å². The van der Waals surface area contributed by atoms with Gasteiger partial charge in [0.1, 0.15) is 23.4 Å². The summed E-state index contributed by atoms with van der Waals surface area (Å²) >= 11 is 6.34. The van der Waals surface area contributed by atoms with Gasteiger partial charge in [-0.15, -0.1) is 0 Å². The van der Waals surface area contributed by atoms with Crippen LogP contribution in [0.2, 0.25) is 5.02 Å². The van der Waals surface area contributed by atoms with E-state index in [-0.39, 0.29) is 34.6 Å². The van der Waals surface area contributed by atoms with E-state index in [1.54, 1.807) is 4.90 Å². The van der Waals surface area contributed by atoms with Crippen molar-refractivity contribution in [2.75, 3.05) is 39.8 Å². The Kier molecular flexibility index (Phi) is 8.13. The second-order valence-electron chi connectivity index (χ2n) is 8.67. The molecular weight excluding hydrogens is 511 g/mol. The lowest BCUT2D eigenvalue weighted by atomic mass is 9.94. The Bertz CT molecular complexity index is 1290. The first-order valence-corrected chi connectivity index (χ1v) is 12.0. The first-order valence-electron chi connectivity index (χ1n) is 11.6. The predicted molar refractivity (Wildman–Crippen MR) is 130 cm³/mol. The number of rotatable bonds is 5. The molecule has 0 saturated carbocycles. The van der Waals surface area contributed by atoms with Gasteiger partial charge in [0.25, 0.3) is 0 Å². The average Bonchev–Trinajstić information content (AvgIpc) is 3.09. The minimum absolute atomic E-state index is 0.00941. The summed E-state index contributed by atoms with van der Waals surface area (Å²) in [6.45, 7) is 3.97. The van der Waals surface area contributed by atoms with Gasteiger partial charge in [-0.25, -0.2) is 22.9 Å². The Hall–Kier alpha value is -3.44. The Balaban J connectivity index is 1.80. The normalized spacial score (nSPS) is 18.7. The van der Waals surface area contributed by atoms with Crippen LogP contribution < -0.4 is 5.32 Å². The SMILES string of the molecule is COC(=O)C1=C(CN2CCCN(C(C)=O)CC2)NC(c2ncc(F)cc2F)=N[C@H]1c1ccc(F)cc1Cl. The molecule has 1 saturated heterocycles. The summed E-state index contributed by atoms with van der Waals surface area (Å²) in [5.41, 5.74) is 0.491. The maximum Gasteiger partial charge on any atom is 0.338 e. The maximum absolute atomic E-state index is 14.7. The molecule has 1 atom stereocenters. The number of hydrogen-bond donors (Lipinski definition) is 1. The first-order chi connectivity index (χ1) is 17.7. The summed E-state index contributed by atoms with van der Waals surface area (Å²) in [5, 5.41) is 3.00. The fourth-order valence-corrected chi connectivity index (χ4v) is 4.67. The number of nitrogens with one attached hydrogen (secondary N) is 1. The number of ether oxygens (including phenoxy) is 1. The highest BCUT2D eigenvalue weighted by molar-refractivity contribution is 6.31. The highest BCUT2D eigenvalue weighted by Gasteiger charge is 2.35. The summed E-state index contributed by atoms with van der Waals surface area (Å²) in [6, 6.07) is 3.25. The number of nitrogens with zero attached hydrogens (tertiary/aromatic N) is 4. The maximum atomic E-state index is 14.7. The van der Waals surface area contributed by atoms with Gasteiger partial charge in [0.05, 0.1) is 18.9 Å². The third-order valence-electron chi connectivity index (χ3n) is 6.24. The second-order valence-corrected chi connectivity index (χ2v) is 9.08. The summed E-state index contributed by atoms with van der Waals surface area (Å²) in [7, 11) is 1.22. The molecule has 0 spiro atoms. The molecule has 4 rings (SSSR count). The predicted octanol–water partition coefficient (Wildman–Crippen LogP) is 3.22. The summed E-state index contributed by atoms with van der Waals surface area (Å²) in [4.78, 5) is 37.0. The van der Waals surface area contributed by atoms with Gasteiger partial charge in [-0.1, -0.05) is 17.7 Å². The average molecular weight is 536 g/mol. The van der Waals surface area contributed by atoms with Crippen molar-refractivity contribution < 1.29 is 27.5 Å². The van der Waals surface area contributed by atoms with Gasteiger partial charge in [-0.05, 0) is 18.6 Å². The van der Waals surface area contributed by atoms with Gasteiger partial charge in [-0.2, -0.15) is 0 Å². The van der Waals surface area contributed by atoms with E-state index < -0.39 is 29.5 Å². The van der Waals surface area contributed by atoms with E-state index in [0.717, 1.165) is 12.3 Å². The Morgan fingerprint density at radius 2 is 1.92 bits per heavy atom. The van der Waals surface area contributed by atoms with Crippen molar-refractivity contribution in [2.24, 2.45) is 4.99 Å². The number of pyridine rings is 1. The standard InChI is InChI=1S/C25H25ClF3N5O3/c1-14(35)34-7-3-6-33(8-9-34)13-20-21(25(36)37-2)22(17-5-4-15(27)10-18(17)26)32-24(31-20)23-19(29)11-16(28)12-30-23/h4-5,10-12,22H,3,6-9,13H2,1-2H3,(H,31,32)/t22-/m0/s1. The molecule has 0 radical (unpaired) electrons. The van der Waals surface area contributed by atoms with Crippen molar-refractivity contribution in [1.29, 1.82) is 0 Å². The van der Waals surface area contributed by atoms with Gasteiger partial charge in [0.15, 0.2) is 11.7 Å². The number of halogens is 4. The van der Waals surface area contributed by atoms with Crippen LogP contribution in [0.1, 0.15) is 30.6 Å². The number of amidine groups is 1. The second kappa shape index (κ2) is 11.3. The number of carbonyl (C=O) groups excluding carboxylic acids is 2. The van der Waals surface area contributed by atoms with Crippen molar-refractivity contribution in [1.82, 2.24) is 20.1 Å². The number of methoxy groups -OCH3 is 1. The van der Waals surface area contributed by atoms with Crippen LogP contribution >= 0.6 is 11.6 Å². The van der Waals surface area contributed by atoms with Crippen molar-refractivity contribution >= 4 is 29.3 Å². The quantitative estimate of drug-likeness (QED) is 0.592. The lowest BCUT2D eigenvalue weighted by Gasteiger charge is -2.30. The molecule has 37 heavy (non-hydrogen) atoms. The van der Waals surface area contributed by atoms with Crippen molar-refractivity contribution in [3.63, 3.8) is 0 Å². The third-order valence-corrected chi connectivity index (χ3v) is 6.56. The van der Waals surface area contributed by atoms with Gasteiger partial charge in [0.2, 0.25) is 5.91 Å². The summed E-state index contributed by atoms with van der Waals surface area (Å²) in [5.74, 6) is -3.18. The molecule has 12 heteroatoms. The van der Waals surface area contributed by atoms with Crippen LogP contribution in [-0.4, -0.2) is 72.3 Å². The van der Waals surface area contributed by atoms with E-state index in [1.165, 1.54) is 26.2 Å². The number of esters is 1. The molecule has 2 aliphatic heterocycles. The number of benzene rings is 1. The molecule has 0 bridgehead atoms. The van der Waals surface area contributed by atoms with Gasteiger partial charge >= 0.3 is 5.97 Å². The lowest BCUT2D eigenvalue weighted by Crippen LogP contribution is -2.41. The molecule has 2 aliphatic rings. The van der Waals surface area contributed by atoms with Crippen LogP contribution in [0.5, 0.6) is 0 Å². The lowest BCUT2D eigenvalue weighted by molar-refractivity contribution is -0.136. The van der Waals surface area contributed by atoms with E-state index in [9.17, 15) is 22.8 Å². The van der Waals surface area contributed by atoms with Gasteiger partial charge in [-0.3, -0.25) is 14.7 Å². The molecule has 0 unspecified atom stereocenters. The number of aliphatic imine (C=N–C) groups is 1. The van der Waals surface area contributed by atoms with E-state index in [2.05, 4.69) is 15.3 Å². The van der Waals surface area contributed by atoms with E-state index >= 15 is 0 Å². The third kappa shape index (κ3) is 5.94. The molecular formula is C25H25ClF3N5O3. The number of aromatic nitrogens is 1. The van der Waals surface area contributed by atoms with Crippen molar-refractivity contribution in [3.8, 4) is 0 Å². The molecule has 1 aromatic carbocycles. The van der Waals surface area contributed by atoms with Crippen LogP contribution in [0.4, 0.5) is 13.2 Å². The highest BCUT2D eigenvalue weighted by Crippen LogP contribution is 2.36. The molecule has 2 aromatic rings. The molecule has 3 heterocycles. The Morgan fingerprint density at radius 3 is 2.59 bits per heavy atom. The largest absolute Gasteiger partial charge is 0.466 e. The summed E-state index contributed by atoms with van der Waals surface area (Å²) in [6.07, 6.45) is 1.57. The van der Waals surface area contributed by atoms with Crippen LogP contribution in [-0.2, 0) is 14.3 Å². The van der Waals surface area contributed by atoms with Crippen molar-refractivity contribution in [2.45, 2.75) is 19.4 Å². The minimum atomic E-state index is -1.08. The highest BCUT2D eigenvalue weighted by atomic mass is 35.5. The topological polar surface area (TPSA) is 87.1 Å². The smallest absolute Gasteiger partial charge is 0.338 e. The summed E-state index contributed by atoms with van der Waals surface area (Å²) < 4.78 is 47.1. The Labute approximate surface area is 216 Å². The molecule has 1 N–H and O–H groups in total. The number of hydrogen-bond acceptors (Lipinski definition) is 7. The van der Waals surface area contributed by atoms with Gasteiger partial charge in [0, 0.05) is 62.0 Å². The van der Waals surface area contributed by atoms with Crippen LogP contribution in [0.15, 0.2) is 46.7 Å². The molecule has 1 fully saturated rings. The number of amides is 1. The monoisotopic (exact) mass is 535 g/mol. The zero-order valence-corrected chi connectivity index (χ0v) is 21.0. The fraction of sp³-hybridized carbons (Fsp3) is 0.360. The fourth-order valence-electron chi connectivity index (χ4n) is 4.40. The van der Waals surface area contributed by atoms with Crippen LogP contribution in [0.25, 0.3) is 0 Å². The van der Waals surface area contributed by atoms with Gasteiger partial charge < -0.3 is 15.0 Å². The first kappa shape index (κ1) is 26.6.